The third-order valence-corrected chi connectivity index (χ3v) is 3.53. The number of amides is 1. The molecule has 0 aliphatic carbocycles. The number of carbonyl (C=O) groups excluding carboxylic acids is 1. The van der Waals surface area contributed by atoms with E-state index in [9.17, 15) is 4.79 Å². The number of rotatable bonds is 6. The summed E-state index contributed by atoms with van der Waals surface area (Å²) in [5, 5.41) is 10.8. The van der Waals surface area contributed by atoms with E-state index < -0.39 is 0 Å². The summed E-state index contributed by atoms with van der Waals surface area (Å²) in [5.41, 5.74) is 3.27. The van der Waals surface area contributed by atoms with E-state index in [1.54, 1.807) is 19.0 Å². The Balaban J connectivity index is 2.64. The Labute approximate surface area is 132 Å². The minimum Gasteiger partial charge on any atom is -0.357 e. The molecule has 0 saturated carbocycles. The van der Waals surface area contributed by atoms with Crippen LogP contribution < -0.4 is 10.6 Å². The zero-order valence-corrected chi connectivity index (χ0v) is 14.5. The van der Waals surface area contributed by atoms with E-state index in [2.05, 4.69) is 20.7 Å². The van der Waals surface area contributed by atoms with Gasteiger partial charge in [-0.25, -0.2) is 4.99 Å². The van der Waals surface area contributed by atoms with Crippen LogP contribution in [0.1, 0.15) is 30.3 Å². The van der Waals surface area contributed by atoms with Gasteiger partial charge in [0.2, 0.25) is 5.91 Å². The van der Waals surface area contributed by atoms with Crippen molar-refractivity contribution in [1.29, 1.82) is 0 Å². The van der Waals surface area contributed by atoms with Crippen molar-refractivity contribution < 1.29 is 4.79 Å². The van der Waals surface area contributed by atoms with Gasteiger partial charge in [0.25, 0.3) is 0 Å². The monoisotopic (exact) mass is 308 g/mol. The van der Waals surface area contributed by atoms with Gasteiger partial charge < -0.3 is 15.5 Å². The summed E-state index contributed by atoms with van der Waals surface area (Å²) in [5.74, 6) is 0.819. The van der Waals surface area contributed by atoms with E-state index in [4.69, 9.17) is 0 Å². The molecule has 0 aromatic carbocycles. The molecule has 0 aliphatic heterocycles. The number of carbonyl (C=O) groups is 1. The summed E-state index contributed by atoms with van der Waals surface area (Å²) in [7, 11) is 5.46. The second-order valence-corrected chi connectivity index (χ2v) is 5.43. The molecule has 1 rings (SSSR count). The first-order valence-electron chi connectivity index (χ1n) is 7.58. The van der Waals surface area contributed by atoms with Crippen LogP contribution in [0.3, 0.4) is 0 Å². The molecule has 0 unspecified atom stereocenters. The topological polar surface area (TPSA) is 74.5 Å². The summed E-state index contributed by atoms with van der Waals surface area (Å²) in [6.45, 7) is 7.96. The molecule has 0 saturated heterocycles. The first kappa shape index (κ1) is 18.0. The minimum absolute atomic E-state index is 0.0993. The van der Waals surface area contributed by atoms with Crippen LogP contribution in [-0.4, -0.2) is 53.7 Å². The lowest BCUT2D eigenvalue weighted by molar-refractivity contribution is -0.128. The highest BCUT2D eigenvalue weighted by Crippen LogP contribution is 2.12. The number of hydrogen-bond acceptors (Lipinski definition) is 3. The fourth-order valence-electron chi connectivity index (χ4n) is 2.06. The van der Waals surface area contributed by atoms with Crippen LogP contribution in [0.15, 0.2) is 4.99 Å². The van der Waals surface area contributed by atoms with E-state index in [0.717, 1.165) is 29.5 Å². The predicted molar refractivity (Wildman–Crippen MR) is 88.8 cm³/mol. The fraction of sp³-hybridized carbons (Fsp3) is 0.667. The predicted octanol–water partition coefficient (Wildman–Crippen LogP) is 0.570. The van der Waals surface area contributed by atoms with Crippen LogP contribution >= 0.6 is 0 Å². The van der Waals surface area contributed by atoms with Gasteiger partial charge in [0.15, 0.2) is 5.96 Å². The van der Waals surface area contributed by atoms with Crippen LogP contribution in [0, 0.1) is 13.8 Å². The summed E-state index contributed by atoms with van der Waals surface area (Å²) >= 11 is 0. The van der Waals surface area contributed by atoms with E-state index in [0.29, 0.717) is 19.5 Å². The molecule has 2 N–H and O–H groups in total. The maximum absolute atomic E-state index is 11.6. The fourth-order valence-corrected chi connectivity index (χ4v) is 2.06. The maximum atomic E-state index is 11.6. The van der Waals surface area contributed by atoms with Gasteiger partial charge >= 0.3 is 0 Å². The van der Waals surface area contributed by atoms with Crippen LogP contribution in [0.4, 0.5) is 0 Å². The highest BCUT2D eigenvalue weighted by molar-refractivity contribution is 5.81. The van der Waals surface area contributed by atoms with Crippen molar-refractivity contribution in [1.82, 2.24) is 25.3 Å². The summed E-state index contributed by atoms with van der Waals surface area (Å²) in [6.07, 6.45) is 0.447. The number of guanidine groups is 1. The second-order valence-electron chi connectivity index (χ2n) is 5.43. The lowest BCUT2D eigenvalue weighted by Crippen LogP contribution is -2.39. The van der Waals surface area contributed by atoms with E-state index in [1.807, 2.05) is 32.5 Å². The van der Waals surface area contributed by atoms with Gasteiger partial charge in [0.05, 0.1) is 12.2 Å². The van der Waals surface area contributed by atoms with Crippen LogP contribution in [0.5, 0.6) is 0 Å². The molecule has 0 bridgehead atoms. The average molecular weight is 308 g/mol. The highest BCUT2D eigenvalue weighted by atomic mass is 16.2. The van der Waals surface area contributed by atoms with Gasteiger partial charge in [-0.2, -0.15) is 5.10 Å². The van der Waals surface area contributed by atoms with E-state index >= 15 is 0 Å². The SMILES string of the molecule is CCNC(=NCc1c(C)nn(C)c1C)NCCC(=O)N(C)C. The maximum Gasteiger partial charge on any atom is 0.223 e. The molecule has 0 radical (unpaired) electrons. The van der Waals surface area contributed by atoms with Crippen molar-refractivity contribution in [2.45, 2.75) is 33.7 Å². The van der Waals surface area contributed by atoms with Gasteiger partial charge in [-0.1, -0.05) is 0 Å². The molecule has 7 heteroatoms. The molecule has 0 fully saturated rings. The molecule has 1 aromatic heterocycles. The lowest BCUT2D eigenvalue weighted by Gasteiger charge is -2.13. The van der Waals surface area contributed by atoms with E-state index in [-0.39, 0.29) is 5.91 Å². The third-order valence-electron chi connectivity index (χ3n) is 3.53. The van der Waals surface area contributed by atoms with Crippen molar-refractivity contribution >= 4 is 11.9 Å². The smallest absolute Gasteiger partial charge is 0.223 e. The number of nitrogens with one attached hydrogen (secondary N) is 2. The standard InChI is InChI=1S/C15H28N6O/c1-7-16-15(17-9-8-14(22)20(4)5)18-10-13-11(2)19-21(6)12(13)3/h7-10H2,1-6H3,(H2,16,17,18). The van der Waals surface area contributed by atoms with Crippen molar-refractivity contribution in [3.05, 3.63) is 17.0 Å². The highest BCUT2D eigenvalue weighted by Gasteiger charge is 2.09. The van der Waals surface area contributed by atoms with E-state index in [1.165, 1.54) is 0 Å². The zero-order valence-electron chi connectivity index (χ0n) is 14.5. The number of aryl methyl sites for hydroxylation is 2. The quantitative estimate of drug-likeness (QED) is 0.595. The molecule has 1 heterocycles. The van der Waals surface area contributed by atoms with Crippen LogP contribution in [0.25, 0.3) is 0 Å². The zero-order chi connectivity index (χ0) is 16.7. The molecule has 1 aromatic rings. The molecule has 7 nitrogen and oxygen atoms in total. The minimum atomic E-state index is 0.0993. The number of aliphatic imine (C=N–C) groups is 1. The first-order chi connectivity index (χ1) is 10.4. The molecule has 1 amide bonds. The molecule has 0 atom stereocenters. The molecular formula is C15H28N6O. The van der Waals surface area contributed by atoms with Crippen molar-refractivity contribution in [3.63, 3.8) is 0 Å². The Morgan fingerprint density at radius 2 is 2.00 bits per heavy atom. The number of hydrogen-bond donors (Lipinski definition) is 2. The summed E-state index contributed by atoms with van der Waals surface area (Å²) < 4.78 is 1.87. The van der Waals surface area contributed by atoms with Gasteiger partial charge in [-0.3, -0.25) is 9.48 Å². The largest absolute Gasteiger partial charge is 0.357 e. The molecular weight excluding hydrogens is 280 g/mol. The Morgan fingerprint density at radius 3 is 2.50 bits per heavy atom. The summed E-state index contributed by atoms with van der Waals surface area (Å²) in [6, 6.07) is 0. The van der Waals surface area contributed by atoms with Crippen molar-refractivity contribution in [2.24, 2.45) is 12.0 Å². The Morgan fingerprint density at radius 1 is 1.32 bits per heavy atom. The Bertz CT molecular complexity index is 532. The first-order valence-corrected chi connectivity index (χ1v) is 7.58. The van der Waals surface area contributed by atoms with Crippen LogP contribution in [-0.2, 0) is 18.4 Å². The molecule has 22 heavy (non-hydrogen) atoms. The van der Waals surface area contributed by atoms with Crippen LogP contribution in [0.2, 0.25) is 0 Å². The third kappa shape index (κ3) is 5.05. The number of nitrogens with zero attached hydrogens (tertiary/aromatic N) is 4. The lowest BCUT2D eigenvalue weighted by atomic mass is 10.2. The Hall–Kier alpha value is -2.05. The van der Waals surface area contributed by atoms with Gasteiger partial charge in [-0.05, 0) is 20.8 Å². The van der Waals surface area contributed by atoms with Gasteiger partial charge in [-0.15, -0.1) is 0 Å². The average Bonchev–Trinajstić information content (AvgIpc) is 2.69. The van der Waals surface area contributed by atoms with Crippen molar-refractivity contribution in [3.8, 4) is 0 Å². The van der Waals surface area contributed by atoms with Gasteiger partial charge in [0.1, 0.15) is 0 Å². The molecule has 124 valence electrons. The Kier molecular flexibility index (Phi) is 6.88. The van der Waals surface area contributed by atoms with Gasteiger partial charge in [0, 0.05) is 51.9 Å². The summed E-state index contributed by atoms with van der Waals surface area (Å²) in [4.78, 5) is 17.7. The van der Waals surface area contributed by atoms with Crippen molar-refractivity contribution in [2.75, 3.05) is 27.2 Å². The second kappa shape index (κ2) is 8.41. The number of aromatic nitrogens is 2. The molecule has 0 aliphatic rings. The normalized spacial score (nSPS) is 11.5. The molecule has 0 spiro atoms.